The number of benzene rings is 1. The van der Waals surface area contributed by atoms with Crippen LogP contribution < -0.4 is 5.32 Å². The van der Waals surface area contributed by atoms with E-state index in [1.807, 2.05) is 30.3 Å². The summed E-state index contributed by atoms with van der Waals surface area (Å²) in [6, 6.07) is 12.7. The zero-order valence-corrected chi connectivity index (χ0v) is 12.0. The largest absolute Gasteiger partial charge is 0.475 e. The number of hydrogen-bond donors (Lipinski definition) is 2. The summed E-state index contributed by atoms with van der Waals surface area (Å²) in [4.78, 5) is 23.0. The maximum absolute atomic E-state index is 12.2. The summed E-state index contributed by atoms with van der Waals surface area (Å²) >= 11 is 0. The number of carboxylic acid groups (broad SMARTS) is 1. The molecule has 0 aliphatic heterocycles. The number of carbonyl (C=O) groups excluding carboxylic acids is 1. The molecule has 5 heteroatoms. The van der Waals surface area contributed by atoms with Crippen molar-refractivity contribution in [2.45, 2.75) is 25.3 Å². The maximum Gasteiger partial charge on any atom is 0.371 e. The van der Waals surface area contributed by atoms with E-state index in [1.165, 1.54) is 17.7 Å². The SMILES string of the molecule is O=C(O)c1ccc(C(=O)NC(Cc2ccccc2)C2CC2)o1. The predicted octanol–water partition coefficient (Wildman–Crippen LogP) is 2.73. The summed E-state index contributed by atoms with van der Waals surface area (Å²) in [5, 5.41) is 11.8. The summed E-state index contributed by atoms with van der Waals surface area (Å²) in [6.07, 6.45) is 2.98. The molecule has 1 aliphatic rings. The molecule has 1 fully saturated rings. The Morgan fingerprint density at radius 1 is 1.14 bits per heavy atom. The Labute approximate surface area is 127 Å². The minimum absolute atomic E-state index is 0.0381. The van der Waals surface area contributed by atoms with Gasteiger partial charge in [-0.25, -0.2) is 4.79 Å². The lowest BCUT2D eigenvalue weighted by molar-refractivity contribution is 0.0659. The van der Waals surface area contributed by atoms with E-state index in [4.69, 9.17) is 9.52 Å². The van der Waals surface area contributed by atoms with Gasteiger partial charge < -0.3 is 14.8 Å². The summed E-state index contributed by atoms with van der Waals surface area (Å²) < 4.78 is 5.05. The fraction of sp³-hybridized carbons (Fsp3) is 0.294. The van der Waals surface area contributed by atoms with Gasteiger partial charge in [-0.15, -0.1) is 0 Å². The normalized spacial score (nSPS) is 15.3. The van der Waals surface area contributed by atoms with Crippen molar-refractivity contribution in [2.75, 3.05) is 0 Å². The van der Waals surface area contributed by atoms with E-state index in [9.17, 15) is 9.59 Å². The van der Waals surface area contributed by atoms with Gasteiger partial charge >= 0.3 is 5.97 Å². The Morgan fingerprint density at radius 2 is 1.82 bits per heavy atom. The summed E-state index contributed by atoms with van der Waals surface area (Å²) in [7, 11) is 0. The zero-order valence-electron chi connectivity index (χ0n) is 12.0. The zero-order chi connectivity index (χ0) is 15.5. The van der Waals surface area contributed by atoms with E-state index < -0.39 is 5.97 Å². The number of carboxylic acids is 1. The molecule has 1 amide bonds. The molecule has 1 atom stereocenters. The Kier molecular flexibility index (Phi) is 3.96. The molecule has 0 radical (unpaired) electrons. The first kappa shape index (κ1) is 14.4. The Hall–Kier alpha value is -2.56. The number of nitrogens with one attached hydrogen (secondary N) is 1. The highest BCUT2D eigenvalue weighted by Gasteiger charge is 2.33. The number of carbonyl (C=O) groups is 2. The highest BCUT2D eigenvalue weighted by Crippen LogP contribution is 2.34. The summed E-state index contributed by atoms with van der Waals surface area (Å²) in [5.74, 6) is -1.24. The number of furan rings is 1. The minimum atomic E-state index is -1.18. The lowest BCUT2D eigenvalue weighted by atomic mass is 10.0. The van der Waals surface area contributed by atoms with Crippen LogP contribution in [0, 0.1) is 5.92 Å². The third-order valence-electron chi connectivity index (χ3n) is 3.85. The van der Waals surface area contributed by atoms with E-state index in [1.54, 1.807) is 0 Å². The molecule has 1 aromatic heterocycles. The summed E-state index contributed by atoms with van der Waals surface area (Å²) in [6.45, 7) is 0. The predicted molar refractivity (Wildman–Crippen MR) is 79.8 cm³/mol. The Balaban J connectivity index is 1.68. The highest BCUT2D eigenvalue weighted by molar-refractivity contribution is 5.93. The molecule has 2 aromatic rings. The quantitative estimate of drug-likeness (QED) is 0.859. The first-order valence-electron chi connectivity index (χ1n) is 7.31. The topological polar surface area (TPSA) is 79.5 Å². The third-order valence-corrected chi connectivity index (χ3v) is 3.85. The molecule has 0 spiro atoms. The van der Waals surface area contributed by atoms with Crippen LogP contribution in [0.1, 0.15) is 39.5 Å². The molecule has 3 rings (SSSR count). The monoisotopic (exact) mass is 299 g/mol. The minimum Gasteiger partial charge on any atom is -0.475 e. The van der Waals surface area contributed by atoms with Crippen molar-refractivity contribution < 1.29 is 19.1 Å². The van der Waals surface area contributed by atoms with Gasteiger partial charge in [0.1, 0.15) is 0 Å². The lowest BCUT2D eigenvalue weighted by Gasteiger charge is -2.17. The van der Waals surface area contributed by atoms with Crippen molar-refractivity contribution in [3.63, 3.8) is 0 Å². The molecular formula is C17H17NO4. The third kappa shape index (κ3) is 3.36. The number of aromatic carboxylic acids is 1. The average Bonchev–Trinajstić information content (AvgIpc) is 3.23. The van der Waals surface area contributed by atoms with Crippen molar-refractivity contribution >= 4 is 11.9 Å². The van der Waals surface area contributed by atoms with Crippen LogP contribution >= 0.6 is 0 Å². The molecule has 1 unspecified atom stereocenters. The van der Waals surface area contributed by atoms with Gasteiger partial charge in [-0.1, -0.05) is 30.3 Å². The van der Waals surface area contributed by atoms with Crippen LogP contribution in [0.2, 0.25) is 0 Å². The first-order valence-corrected chi connectivity index (χ1v) is 7.31. The number of amides is 1. The van der Waals surface area contributed by atoms with Gasteiger partial charge in [-0.3, -0.25) is 4.79 Å². The van der Waals surface area contributed by atoms with Gasteiger partial charge in [0.15, 0.2) is 5.76 Å². The van der Waals surface area contributed by atoms with Gasteiger partial charge in [-0.05, 0) is 42.9 Å². The van der Waals surface area contributed by atoms with Gasteiger partial charge in [0.25, 0.3) is 5.91 Å². The standard InChI is InChI=1S/C17H17NO4/c19-16(14-8-9-15(22-14)17(20)21)18-13(12-6-7-12)10-11-4-2-1-3-5-11/h1-5,8-9,12-13H,6-7,10H2,(H,18,19)(H,20,21). The Bertz CT molecular complexity index is 673. The average molecular weight is 299 g/mol. The molecular weight excluding hydrogens is 282 g/mol. The molecule has 0 saturated heterocycles. The van der Waals surface area contributed by atoms with E-state index in [0.29, 0.717) is 5.92 Å². The van der Waals surface area contributed by atoms with Crippen LogP contribution in [0.3, 0.4) is 0 Å². The fourth-order valence-electron chi connectivity index (χ4n) is 2.52. The van der Waals surface area contributed by atoms with Crippen LogP contribution in [0.5, 0.6) is 0 Å². The van der Waals surface area contributed by atoms with Crippen molar-refractivity contribution in [1.29, 1.82) is 0 Å². The number of hydrogen-bond acceptors (Lipinski definition) is 3. The van der Waals surface area contributed by atoms with Gasteiger partial charge in [0, 0.05) is 6.04 Å². The van der Waals surface area contributed by atoms with Crippen molar-refractivity contribution in [3.05, 3.63) is 59.5 Å². The molecule has 2 N–H and O–H groups in total. The smallest absolute Gasteiger partial charge is 0.371 e. The Morgan fingerprint density at radius 3 is 2.41 bits per heavy atom. The second-order valence-electron chi connectivity index (χ2n) is 5.58. The molecule has 1 saturated carbocycles. The molecule has 1 aliphatic carbocycles. The lowest BCUT2D eigenvalue weighted by Crippen LogP contribution is -2.37. The fourth-order valence-corrected chi connectivity index (χ4v) is 2.52. The van der Waals surface area contributed by atoms with Gasteiger partial charge in [-0.2, -0.15) is 0 Å². The van der Waals surface area contributed by atoms with Gasteiger partial charge in [0.05, 0.1) is 0 Å². The van der Waals surface area contributed by atoms with Crippen LogP contribution in [0.25, 0.3) is 0 Å². The highest BCUT2D eigenvalue weighted by atomic mass is 16.4. The second-order valence-corrected chi connectivity index (χ2v) is 5.58. The van der Waals surface area contributed by atoms with E-state index in [2.05, 4.69) is 5.32 Å². The number of rotatable bonds is 6. The molecule has 5 nitrogen and oxygen atoms in total. The summed E-state index contributed by atoms with van der Waals surface area (Å²) in [5.41, 5.74) is 1.17. The molecule has 0 bridgehead atoms. The van der Waals surface area contributed by atoms with Crippen LogP contribution in [0.4, 0.5) is 0 Å². The molecule has 1 heterocycles. The maximum atomic E-state index is 12.2. The van der Waals surface area contributed by atoms with Gasteiger partial charge in [0.2, 0.25) is 5.76 Å². The first-order chi connectivity index (χ1) is 10.6. The van der Waals surface area contributed by atoms with Crippen LogP contribution in [0.15, 0.2) is 46.9 Å². The van der Waals surface area contributed by atoms with E-state index in [0.717, 1.165) is 19.3 Å². The molecule has 1 aromatic carbocycles. The molecule has 114 valence electrons. The second kappa shape index (κ2) is 6.05. The van der Waals surface area contributed by atoms with Crippen molar-refractivity contribution in [3.8, 4) is 0 Å². The molecule has 22 heavy (non-hydrogen) atoms. The van der Waals surface area contributed by atoms with E-state index in [-0.39, 0.29) is 23.5 Å². The van der Waals surface area contributed by atoms with Crippen molar-refractivity contribution in [1.82, 2.24) is 5.32 Å². The van der Waals surface area contributed by atoms with Crippen LogP contribution in [-0.4, -0.2) is 23.0 Å². The van der Waals surface area contributed by atoms with Crippen LogP contribution in [-0.2, 0) is 6.42 Å². The van der Waals surface area contributed by atoms with Crippen molar-refractivity contribution in [2.24, 2.45) is 5.92 Å². The van der Waals surface area contributed by atoms with E-state index >= 15 is 0 Å².